The van der Waals surface area contributed by atoms with Gasteiger partial charge < -0.3 is 15.2 Å². The van der Waals surface area contributed by atoms with Crippen LogP contribution >= 0.6 is 0 Å². The maximum atomic E-state index is 11.6. The fraction of sp³-hybridized carbons (Fsp3) is 0.692. The minimum atomic E-state index is -1.02. The first-order valence-electron chi connectivity index (χ1n) is 6.56. The normalized spacial score (nSPS) is 12.2. The van der Waals surface area contributed by atoms with Crippen LogP contribution in [0, 0.1) is 5.41 Å². The largest absolute Gasteiger partial charge is 0.481 e. The van der Waals surface area contributed by atoms with Crippen molar-refractivity contribution >= 4 is 23.9 Å². The molecule has 0 aromatic rings. The maximum absolute atomic E-state index is 11.6. The van der Waals surface area contributed by atoms with Gasteiger partial charge in [0.25, 0.3) is 0 Å². The molecule has 21 heavy (non-hydrogen) atoms. The lowest BCUT2D eigenvalue weighted by Crippen LogP contribution is -2.47. The molecule has 0 aromatic heterocycles. The Balaban J connectivity index is 4.30. The van der Waals surface area contributed by atoms with Crippen LogP contribution in [0.25, 0.3) is 0 Å². The topological polar surface area (TPSA) is 122 Å². The van der Waals surface area contributed by atoms with E-state index in [1.807, 2.05) is 5.32 Å². The van der Waals surface area contributed by atoms with Crippen molar-refractivity contribution in [1.82, 2.24) is 10.6 Å². The Labute approximate surface area is 123 Å². The number of hydrogen-bond donors (Lipinski definition) is 3. The van der Waals surface area contributed by atoms with Gasteiger partial charge in [0.1, 0.15) is 6.04 Å². The van der Waals surface area contributed by atoms with E-state index in [-0.39, 0.29) is 19.4 Å². The van der Waals surface area contributed by atoms with Gasteiger partial charge in [0, 0.05) is 6.42 Å². The molecule has 1 unspecified atom stereocenters. The summed E-state index contributed by atoms with van der Waals surface area (Å²) in [6.07, 6.45) is -0.318. The molecule has 0 aliphatic carbocycles. The van der Waals surface area contributed by atoms with Gasteiger partial charge in [0.2, 0.25) is 5.91 Å². The molecule has 0 heterocycles. The predicted octanol–water partition coefficient (Wildman–Crippen LogP) is 0.655. The second-order valence-corrected chi connectivity index (χ2v) is 5.41. The van der Waals surface area contributed by atoms with Crippen molar-refractivity contribution in [2.75, 3.05) is 6.61 Å². The van der Waals surface area contributed by atoms with Crippen molar-refractivity contribution in [2.45, 2.75) is 46.6 Å². The van der Waals surface area contributed by atoms with Crippen LogP contribution in [0.1, 0.15) is 40.5 Å². The molecule has 0 saturated carbocycles. The number of urea groups is 1. The molecule has 0 saturated heterocycles. The molecule has 0 rings (SSSR count). The van der Waals surface area contributed by atoms with Gasteiger partial charge in [0.15, 0.2) is 0 Å². The number of aliphatic carboxylic acids is 1. The van der Waals surface area contributed by atoms with Gasteiger partial charge in [-0.25, -0.2) is 9.59 Å². The van der Waals surface area contributed by atoms with Gasteiger partial charge in [-0.3, -0.25) is 14.9 Å². The second kappa shape index (κ2) is 8.23. The number of carboxylic acid groups (broad SMARTS) is 1. The zero-order chi connectivity index (χ0) is 16.6. The molecule has 1 atom stereocenters. The van der Waals surface area contributed by atoms with E-state index < -0.39 is 35.3 Å². The zero-order valence-corrected chi connectivity index (χ0v) is 12.7. The van der Waals surface area contributed by atoms with Gasteiger partial charge >= 0.3 is 18.0 Å². The van der Waals surface area contributed by atoms with Crippen LogP contribution in [0.2, 0.25) is 0 Å². The number of esters is 1. The summed E-state index contributed by atoms with van der Waals surface area (Å²) in [5, 5.41) is 13.0. The summed E-state index contributed by atoms with van der Waals surface area (Å²) < 4.78 is 4.70. The lowest BCUT2D eigenvalue weighted by atomic mass is 9.85. The van der Waals surface area contributed by atoms with E-state index in [0.717, 1.165) is 0 Å². The monoisotopic (exact) mass is 302 g/mol. The van der Waals surface area contributed by atoms with Crippen LogP contribution in [0.5, 0.6) is 0 Å². The van der Waals surface area contributed by atoms with Gasteiger partial charge in [-0.15, -0.1) is 0 Å². The average molecular weight is 302 g/mol. The highest BCUT2D eigenvalue weighted by molar-refractivity contribution is 5.96. The SMILES string of the molecule is CCOC(=O)C(C)NC(=O)NC(=O)CC(C)(C)CC(=O)O. The summed E-state index contributed by atoms with van der Waals surface area (Å²) in [6.45, 7) is 6.48. The number of hydrogen-bond acceptors (Lipinski definition) is 5. The van der Waals surface area contributed by atoms with Crippen LogP contribution in [-0.4, -0.2) is 41.6 Å². The summed E-state index contributed by atoms with van der Waals surface area (Å²) in [7, 11) is 0. The number of amides is 3. The molecule has 8 heteroatoms. The fourth-order valence-corrected chi connectivity index (χ4v) is 1.64. The molecule has 120 valence electrons. The minimum absolute atomic E-state index is 0.124. The van der Waals surface area contributed by atoms with Gasteiger partial charge in [-0.2, -0.15) is 0 Å². The zero-order valence-electron chi connectivity index (χ0n) is 12.7. The summed E-state index contributed by atoms with van der Waals surface area (Å²) in [5.74, 6) is -2.24. The van der Waals surface area contributed by atoms with Crippen LogP contribution in [0.4, 0.5) is 4.79 Å². The van der Waals surface area contributed by atoms with Gasteiger partial charge in [-0.1, -0.05) is 13.8 Å². The molecule has 0 fully saturated rings. The first-order valence-corrected chi connectivity index (χ1v) is 6.56. The summed E-state index contributed by atoms with van der Waals surface area (Å²) >= 11 is 0. The van der Waals surface area contributed by atoms with E-state index in [2.05, 4.69) is 5.32 Å². The average Bonchev–Trinajstić information content (AvgIpc) is 2.25. The number of carbonyl (C=O) groups is 4. The van der Waals surface area contributed by atoms with Crippen molar-refractivity contribution < 1.29 is 29.0 Å². The highest BCUT2D eigenvalue weighted by Gasteiger charge is 2.26. The Hall–Kier alpha value is -2.12. The number of carbonyl (C=O) groups excluding carboxylic acids is 3. The van der Waals surface area contributed by atoms with Crippen LogP contribution in [0.3, 0.4) is 0 Å². The highest BCUT2D eigenvalue weighted by Crippen LogP contribution is 2.24. The first kappa shape index (κ1) is 18.9. The second-order valence-electron chi connectivity index (χ2n) is 5.41. The summed E-state index contributed by atoms with van der Waals surface area (Å²) in [4.78, 5) is 45.1. The van der Waals surface area contributed by atoms with Gasteiger partial charge in [-0.05, 0) is 19.3 Å². The van der Waals surface area contributed by atoms with Crippen molar-refractivity contribution in [3.05, 3.63) is 0 Å². The molecule has 0 aromatic carbocycles. The predicted molar refractivity (Wildman–Crippen MR) is 73.4 cm³/mol. The van der Waals surface area contributed by atoms with Crippen LogP contribution in [-0.2, 0) is 19.1 Å². The van der Waals surface area contributed by atoms with E-state index in [4.69, 9.17) is 9.84 Å². The molecular weight excluding hydrogens is 280 g/mol. The Kier molecular flexibility index (Phi) is 7.40. The van der Waals surface area contributed by atoms with Crippen LogP contribution in [0.15, 0.2) is 0 Å². The molecular formula is C13H22N2O6. The van der Waals surface area contributed by atoms with Crippen molar-refractivity contribution in [3.8, 4) is 0 Å². The minimum Gasteiger partial charge on any atom is -0.481 e. The molecule has 0 aliphatic heterocycles. The fourth-order valence-electron chi connectivity index (χ4n) is 1.64. The smallest absolute Gasteiger partial charge is 0.328 e. The molecule has 8 nitrogen and oxygen atoms in total. The summed E-state index contributed by atoms with van der Waals surface area (Å²) in [5.41, 5.74) is -0.775. The number of nitrogens with one attached hydrogen (secondary N) is 2. The molecule has 0 aliphatic rings. The molecule has 0 bridgehead atoms. The maximum Gasteiger partial charge on any atom is 0.328 e. The number of carboxylic acids is 1. The number of rotatable bonds is 7. The van der Waals surface area contributed by atoms with Crippen molar-refractivity contribution in [1.29, 1.82) is 0 Å². The Morgan fingerprint density at radius 2 is 1.76 bits per heavy atom. The number of ether oxygens (including phenoxy) is 1. The van der Waals surface area contributed by atoms with Crippen molar-refractivity contribution in [3.63, 3.8) is 0 Å². The lowest BCUT2D eigenvalue weighted by Gasteiger charge is -2.21. The summed E-state index contributed by atoms with van der Waals surface area (Å²) in [6, 6.07) is -1.71. The Bertz CT molecular complexity index is 419. The van der Waals surface area contributed by atoms with Gasteiger partial charge in [0.05, 0.1) is 13.0 Å². The molecule has 0 spiro atoms. The lowest BCUT2D eigenvalue weighted by molar-refractivity contribution is -0.145. The first-order chi connectivity index (χ1) is 9.57. The van der Waals surface area contributed by atoms with Crippen molar-refractivity contribution in [2.24, 2.45) is 5.41 Å². The number of imide groups is 1. The third kappa shape index (κ3) is 8.61. The van der Waals surface area contributed by atoms with E-state index in [1.165, 1.54) is 6.92 Å². The van der Waals surface area contributed by atoms with Crippen LogP contribution < -0.4 is 10.6 Å². The molecule has 0 radical (unpaired) electrons. The Morgan fingerprint density at radius 1 is 1.19 bits per heavy atom. The third-order valence-corrected chi connectivity index (χ3v) is 2.51. The van der Waals surface area contributed by atoms with E-state index in [9.17, 15) is 19.2 Å². The van der Waals surface area contributed by atoms with E-state index >= 15 is 0 Å². The standard InChI is InChI=1S/C13H22N2O6/c1-5-21-11(19)8(2)14-12(20)15-9(16)6-13(3,4)7-10(17)18/h8H,5-7H2,1-4H3,(H,17,18)(H2,14,15,16,20). The molecule has 3 N–H and O–H groups in total. The highest BCUT2D eigenvalue weighted by atomic mass is 16.5. The third-order valence-electron chi connectivity index (χ3n) is 2.51. The Morgan fingerprint density at radius 3 is 2.24 bits per heavy atom. The van der Waals surface area contributed by atoms with E-state index in [0.29, 0.717) is 0 Å². The van der Waals surface area contributed by atoms with E-state index in [1.54, 1.807) is 20.8 Å². The molecule has 3 amide bonds. The quantitative estimate of drug-likeness (QED) is 0.594.